The predicted octanol–water partition coefficient (Wildman–Crippen LogP) is 3.25. The van der Waals surface area contributed by atoms with Gasteiger partial charge in [-0.15, -0.1) is 0 Å². The molecule has 1 aromatic rings. The lowest BCUT2D eigenvalue weighted by Crippen LogP contribution is -2.08. The number of ether oxygens (including phenoxy) is 1. The van der Waals surface area contributed by atoms with Crippen LogP contribution in [0, 0.1) is 0 Å². The highest BCUT2D eigenvalue weighted by Gasteiger charge is 2.16. The Labute approximate surface area is 98.8 Å². The van der Waals surface area contributed by atoms with Gasteiger partial charge in [0.15, 0.2) is 0 Å². The number of rotatable bonds is 4. The van der Waals surface area contributed by atoms with Crippen LogP contribution in [0.2, 0.25) is 0 Å². The number of alkyl halides is 1. The molecule has 2 nitrogen and oxygen atoms in total. The van der Waals surface area contributed by atoms with Gasteiger partial charge in [-0.25, -0.2) is 0 Å². The number of hydrogen-bond donors (Lipinski definition) is 0. The number of carbonyl (C=O) groups is 1. The first-order valence-corrected chi connectivity index (χ1v) is 5.91. The molecule has 1 atom stereocenters. The maximum atomic E-state index is 11.3. The van der Waals surface area contributed by atoms with Crippen LogP contribution in [-0.4, -0.2) is 13.1 Å². The van der Waals surface area contributed by atoms with Gasteiger partial charge in [0.1, 0.15) is 4.83 Å². The number of benzene rings is 1. The lowest BCUT2D eigenvalue weighted by Gasteiger charge is -2.08. The molecule has 0 saturated carbocycles. The summed E-state index contributed by atoms with van der Waals surface area (Å²) in [4.78, 5) is 10.9. The van der Waals surface area contributed by atoms with Crippen LogP contribution in [0.25, 0.3) is 0 Å². The zero-order chi connectivity index (χ0) is 11.3. The van der Waals surface area contributed by atoms with Gasteiger partial charge in [0, 0.05) is 0 Å². The molecule has 0 heterocycles. The number of esters is 1. The zero-order valence-electron chi connectivity index (χ0n) is 9.00. The van der Waals surface area contributed by atoms with E-state index >= 15 is 0 Å². The summed E-state index contributed by atoms with van der Waals surface area (Å²) in [5, 5.41) is 0. The average molecular weight is 271 g/mol. The van der Waals surface area contributed by atoms with Gasteiger partial charge in [0.05, 0.1) is 7.11 Å². The minimum atomic E-state index is -0.363. The normalized spacial score (nSPS) is 12.2. The Morgan fingerprint density at radius 1 is 1.40 bits per heavy atom. The van der Waals surface area contributed by atoms with Crippen LogP contribution in [0.1, 0.15) is 29.3 Å². The van der Waals surface area contributed by atoms with Gasteiger partial charge >= 0.3 is 5.97 Å². The third-order valence-electron chi connectivity index (χ3n) is 2.22. The molecule has 0 bridgehead atoms. The van der Waals surface area contributed by atoms with E-state index in [-0.39, 0.29) is 10.8 Å². The van der Waals surface area contributed by atoms with E-state index in [1.54, 1.807) is 0 Å². The molecule has 1 rings (SSSR count). The zero-order valence-corrected chi connectivity index (χ0v) is 10.6. The Hall–Kier alpha value is -0.830. The van der Waals surface area contributed by atoms with E-state index < -0.39 is 0 Å². The second-order valence-electron chi connectivity index (χ2n) is 3.38. The van der Waals surface area contributed by atoms with Crippen molar-refractivity contribution >= 4 is 21.9 Å². The summed E-state index contributed by atoms with van der Waals surface area (Å²) in [6.07, 6.45) is 2.21. The van der Waals surface area contributed by atoms with Crippen molar-refractivity contribution in [3.05, 3.63) is 35.4 Å². The fourth-order valence-electron chi connectivity index (χ4n) is 1.38. The minimum Gasteiger partial charge on any atom is -0.468 e. The minimum absolute atomic E-state index is 0.266. The van der Waals surface area contributed by atoms with Gasteiger partial charge in [0.25, 0.3) is 0 Å². The first-order chi connectivity index (χ1) is 7.19. The summed E-state index contributed by atoms with van der Waals surface area (Å²) in [7, 11) is 1.39. The maximum absolute atomic E-state index is 11.3. The van der Waals surface area contributed by atoms with Gasteiger partial charge in [0.2, 0.25) is 0 Å². The van der Waals surface area contributed by atoms with Crippen molar-refractivity contribution in [3.8, 4) is 0 Å². The highest BCUT2D eigenvalue weighted by molar-refractivity contribution is 9.09. The summed E-state index contributed by atoms with van der Waals surface area (Å²) >= 11 is 3.30. The van der Waals surface area contributed by atoms with Crippen LogP contribution in [-0.2, 0) is 16.0 Å². The second-order valence-corrected chi connectivity index (χ2v) is 4.29. The Morgan fingerprint density at radius 3 is 2.47 bits per heavy atom. The van der Waals surface area contributed by atoms with Crippen LogP contribution < -0.4 is 0 Å². The van der Waals surface area contributed by atoms with Crippen LogP contribution in [0.15, 0.2) is 24.3 Å². The predicted molar refractivity (Wildman–Crippen MR) is 64.1 cm³/mol. The van der Waals surface area contributed by atoms with Gasteiger partial charge in [-0.3, -0.25) is 4.79 Å². The van der Waals surface area contributed by atoms with Gasteiger partial charge in [-0.2, -0.15) is 0 Å². The molecule has 0 aliphatic heterocycles. The third kappa shape index (κ3) is 3.34. The molecule has 1 aromatic carbocycles. The number of hydrogen-bond acceptors (Lipinski definition) is 2. The summed E-state index contributed by atoms with van der Waals surface area (Å²) < 4.78 is 4.66. The molecule has 0 aliphatic rings. The molecule has 0 N–H and O–H groups in total. The lowest BCUT2D eigenvalue weighted by molar-refractivity contribution is -0.139. The highest BCUT2D eigenvalue weighted by Crippen LogP contribution is 2.24. The Morgan fingerprint density at radius 2 is 2.00 bits per heavy atom. The molecule has 0 spiro atoms. The summed E-state index contributed by atoms with van der Waals surface area (Å²) in [6, 6.07) is 8.02. The molecule has 0 amide bonds. The van der Waals surface area contributed by atoms with Gasteiger partial charge < -0.3 is 4.74 Å². The lowest BCUT2D eigenvalue weighted by atomic mass is 10.1. The molecule has 15 heavy (non-hydrogen) atoms. The van der Waals surface area contributed by atoms with E-state index in [0.717, 1.165) is 18.4 Å². The van der Waals surface area contributed by atoms with Crippen LogP contribution in [0.5, 0.6) is 0 Å². The quantitative estimate of drug-likeness (QED) is 0.620. The van der Waals surface area contributed by atoms with E-state index in [9.17, 15) is 4.79 Å². The highest BCUT2D eigenvalue weighted by atomic mass is 79.9. The van der Waals surface area contributed by atoms with E-state index in [4.69, 9.17) is 0 Å². The van der Waals surface area contributed by atoms with Crippen molar-refractivity contribution in [1.29, 1.82) is 0 Å². The molecule has 0 fully saturated rings. The van der Waals surface area contributed by atoms with Gasteiger partial charge in [-0.05, 0) is 17.5 Å². The van der Waals surface area contributed by atoms with E-state index in [0.29, 0.717) is 0 Å². The van der Waals surface area contributed by atoms with E-state index in [1.165, 1.54) is 12.7 Å². The standard InChI is InChI=1S/C12H15BrO2/c1-3-4-9-5-7-10(8-6-9)11(13)12(14)15-2/h5-8,11H,3-4H2,1-2H3. The summed E-state index contributed by atoms with van der Waals surface area (Å²) in [5.41, 5.74) is 2.23. The first kappa shape index (κ1) is 12.2. The smallest absolute Gasteiger partial charge is 0.323 e. The fraction of sp³-hybridized carbons (Fsp3) is 0.417. The Bertz CT molecular complexity index is 319. The van der Waals surface area contributed by atoms with Crippen LogP contribution >= 0.6 is 15.9 Å². The molecular weight excluding hydrogens is 256 g/mol. The monoisotopic (exact) mass is 270 g/mol. The number of aryl methyl sites for hydroxylation is 1. The summed E-state index contributed by atoms with van der Waals surface area (Å²) in [6.45, 7) is 2.15. The molecular formula is C12H15BrO2. The molecule has 0 radical (unpaired) electrons. The SMILES string of the molecule is CCCc1ccc(C(Br)C(=O)OC)cc1. The molecule has 1 unspecified atom stereocenters. The molecule has 82 valence electrons. The number of carbonyl (C=O) groups excluding carboxylic acids is 1. The second kappa shape index (κ2) is 5.91. The summed E-state index contributed by atoms with van der Waals surface area (Å²) in [5.74, 6) is -0.266. The molecule has 0 saturated heterocycles. The Kier molecular flexibility index (Phi) is 4.82. The van der Waals surface area contributed by atoms with E-state index in [2.05, 4.69) is 39.7 Å². The molecule has 3 heteroatoms. The first-order valence-electron chi connectivity index (χ1n) is 4.99. The largest absolute Gasteiger partial charge is 0.468 e. The molecule has 0 aromatic heterocycles. The number of methoxy groups -OCH3 is 1. The molecule has 0 aliphatic carbocycles. The van der Waals surface area contributed by atoms with Crippen molar-refractivity contribution in [2.75, 3.05) is 7.11 Å². The van der Waals surface area contributed by atoms with Crippen molar-refractivity contribution in [3.63, 3.8) is 0 Å². The number of halogens is 1. The topological polar surface area (TPSA) is 26.3 Å². The van der Waals surface area contributed by atoms with Crippen molar-refractivity contribution in [2.24, 2.45) is 0 Å². The van der Waals surface area contributed by atoms with Crippen LogP contribution in [0.4, 0.5) is 0 Å². The Balaban J connectivity index is 2.75. The fourth-order valence-corrected chi connectivity index (χ4v) is 1.87. The van der Waals surface area contributed by atoms with Gasteiger partial charge in [-0.1, -0.05) is 53.5 Å². The average Bonchev–Trinajstić information content (AvgIpc) is 2.28. The van der Waals surface area contributed by atoms with Crippen molar-refractivity contribution < 1.29 is 9.53 Å². The van der Waals surface area contributed by atoms with Crippen molar-refractivity contribution in [1.82, 2.24) is 0 Å². The van der Waals surface area contributed by atoms with Crippen LogP contribution in [0.3, 0.4) is 0 Å². The maximum Gasteiger partial charge on any atom is 0.323 e. The van der Waals surface area contributed by atoms with E-state index in [1.807, 2.05) is 12.1 Å². The van der Waals surface area contributed by atoms with Crippen molar-refractivity contribution in [2.45, 2.75) is 24.6 Å². The third-order valence-corrected chi connectivity index (χ3v) is 3.12.